The number of carbonyl (C=O) groups is 1. The number of para-hydroxylation sites is 1. The molecule has 0 saturated heterocycles. The summed E-state index contributed by atoms with van der Waals surface area (Å²) in [6, 6.07) is 17.1. The number of benzene rings is 2. The third kappa shape index (κ3) is 3.16. The average Bonchev–Trinajstić information content (AvgIpc) is 3.42. The van der Waals surface area contributed by atoms with E-state index in [1.807, 2.05) is 54.6 Å². The molecule has 138 valence electrons. The number of nitrogens with zero attached hydrogens (tertiary/aromatic N) is 2. The maximum absolute atomic E-state index is 12.7. The van der Waals surface area contributed by atoms with E-state index < -0.39 is 0 Å². The van der Waals surface area contributed by atoms with Crippen LogP contribution in [0.25, 0.3) is 22.5 Å². The third-order valence-electron chi connectivity index (χ3n) is 4.66. The molecule has 28 heavy (non-hydrogen) atoms. The topological polar surface area (TPSA) is 65.2 Å². The molecule has 0 aliphatic carbocycles. The number of rotatable bonds is 5. The first-order valence-corrected chi connectivity index (χ1v) is 9.99. The molecule has 0 amide bonds. The highest BCUT2D eigenvalue weighted by atomic mass is 32.2. The molecule has 1 aliphatic heterocycles. The van der Waals surface area contributed by atoms with Crippen LogP contribution in [-0.2, 0) is 6.42 Å². The summed E-state index contributed by atoms with van der Waals surface area (Å²) in [6.07, 6.45) is 2.45. The molecule has 0 unspecified atom stereocenters. The second-order valence-electron chi connectivity index (χ2n) is 6.48. The minimum atomic E-state index is 0.0712. The predicted molar refractivity (Wildman–Crippen MR) is 108 cm³/mol. The fourth-order valence-corrected chi connectivity index (χ4v) is 4.16. The Morgan fingerprint density at radius 2 is 2.00 bits per heavy atom. The molecule has 1 aliphatic rings. The van der Waals surface area contributed by atoms with Crippen LogP contribution in [0.2, 0.25) is 0 Å². The van der Waals surface area contributed by atoms with Crippen molar-refractivity contribution in [3.8, 4) is 17.3 Å². The monoisotopic (exact) mass is 388 g/mol. The Hall–Kier alpha value is -3.12. The van der Waals surface area contributed by atoms with Gasteiger partial charge >= 0.3 is 0 Å². The lowest BCUT2D eigenvalue weighted by Crippen LogP contribution is -2.04. The number of carbonyl (C=O) groups excluding carboxylic acids is 1. The van der Waals surface area contributed by atoms with Crippen molar-refractivity contribution in [2.75, 3.05) is 12.4 Å². The van der Waals surface area contributed by atoms with E-state index in [4.69, 9.17) is 9.15 Å². The number of ether oxygens (including phenoxy) is 1. The van der Waals surface area contributed by atoms with Crippen LogP contribution in [0.4, 0.5) is 0 Å². The molecule has 0 atom stereocenters. The summed E-state index contributed by atoms with van der Waals surface area (Å²) in [5.41, 5.74) is 2.64. The van der Waals surface area contributed by atoms with Gasteiger partial charge in [0.1, 0.15) is 10.8 Å². The minimum absolute atomic E-state index is 0.0712. The highest BCUT2D eigenvalue weighted by molar-refractivity contribution is 8.00. The van der Waals surface area contributed by atoms with E-state index in [0.29, 0.717) is 29.5 Å². The SMILES string of the molecule is O=C(CSc1nc(-c2ccco2)nc2ccccc12)c1ccc2c(c1)CCO2. The van der Waals surface area contributed by atoms with Crippen LogP contribution in [0.5, 0.6) is 5.75 Å². The number of hydrogen-bond donors (Lipinski definition) is 0. The van der Waals surface area contributed by atoms with E-state index >= 15 is 0 Å². The van der Waals surface area contributed by atoms with Gasteiger partial charge in [-0.15, -0.1) is 0 Å². The Balaban J connectivity index is 1.43. The minimum Gasteiger partial charge on any atom is -0.493 e. The number of thioether (sulfide) groups is 1. The van der Waals surface area contributed by atoms with Crippen molar-refractivity contribution in [2.45, 2.75) is 11.4 Å². The normalized spacial score (nSPS) is 12.7. The zero-order valence-electron chi connectivity index (χ0n) is 14.9. The van der Waals surface area contributed by atoms with Crippen molar-refractivity contribution in [3.05, 3.63) is 72.0 Å². The van der Waals surface area contributed by atoms with Crippen molar-refractivity contribution in [3.63, 3.8) is 0 Å². The Morgan fingerprint density at radius 3 is 2.89 bits per heavy atom. The van der Waals surface area contributed by atoms with E-state index in [-0.39, 0.29) is 5.78 Å². The maximum Gasteiger partial charge on any atom is 0.197 e. The summed E-state index contributed by atoms with van der Waals surface area (Å²) < 4.78 is 11.0. The Labute approximate surface area is 165 Å². The molecule has 0 fully saturated rings. The lowest BCUT2D eigenvalue weighted by atomic mass is 10.1. The highest BCUT2D eigenvalue weighted by Gasteiger charge is 2.17. The van der Waals surface area contributed by atoms with Crippen molar-refractivity contribution >= 4 is 28.4 Å². The summed E-state index contributed by atoms with van der Waals surface area (Å²) >= 11 is 1.42. The van der Waals surface area contributed by atoms with Gasteiger partial charge in [-0.1, -0.05) is 30.0 Å². The van der Waals surface area contributed by atoms with Crippen LogP contribution in [0, 0.1) is 0 Å². The van der Waals surface area contributed by atoms with Crippen LogP contribution in [0.3, 0.4) is 0 Å². The van der Waals surface area contributed by atoms with Gasteiger partial charge < -0.3 is 9.15 Å². The van der Waals surface area contributed by atoms with Gasteiger partial charge in [0.05, 0.1) is 24.1 Å². The Kier molecular flexibility index (Phi) is 4.33. The van der Waals surface area contributed by atoms with Gasteiger partial charge in [-0.3, -0.25) is 4.79 Å². The number of fused-ring (bicyclic) bond motifs is 2. The number of aromatic nitrogens is 2. The second kappa shape index (κ2) is 7.13. The first-order valence-electron chi connectivity index (χ1n) is 9.00. The Bertz CT molecular complexity index is 1170. The largest absolute Gasteiger partial charge is 0.493 e. The quantitative estimate of drug-likeness (QED) is 0.278. The van der Waals surface area contributed by atoms with Crippen LogP contribution in [-0.4, -0.2) is 28.1 Å². The van der Waals surface area contributed by atoms with E-state index in [0.717, 1.165) is 33.7 Å². The first-order chi connectivity index (χ1) is 13.8. The number of hydrogen-bond acceptors (Lipinski definition) is 6. The van der Waals surface area contributed by atoms with Gasteiger partial charge in [0, 0.05) is 17.4 Å². The molecule has 6 heteroatoms. The predicted octanol–water partition coefficient (Wildman–Crippen LogP) is 4.80. The van der Waals surface area contributed by atoms with Crippen LogP contribution in [0.15, 0.2) is 70.3 Å². The van der Waals surface area contributed by atoms with E-state index in [1.54, 1.807) is 6.26 Å². The Morgan fingerprint density at radius 1 is 1.07 bits per heavy atom. The maximum atomic E-state index is 12.7. The van der Waals surface area contributed by atoms with Gasteiger partial charge in [0.15, 0.2) is 17.4 Å². The fourth-order valence-electron chi connectivity index (χ4n) is 3.25. The van der Waals surface area contributed by atoms with Crippen LogP contribution in [0.1, 0.15) is 15.9 Å². The van der Waals surface area contributed by atoms with Gasteiger partial charge in [-0.2, -0.15) is 0 Å². The molecular weight excluding hydrogens is 372 g/mol. The van der Waals surface area contributed by atoms with Crippen molar-refractivity contribution < 1.29 is 13.9 Å². The number of ketones is 1. The molecule has 2 aromatic heterocycles. The smallest absolute Gasteiger partial charge is 0.197 e. The van der Waals surface area contributed by atoms with Crippen LogP contribution >= 0.6 is 11.8 Å². The average molecular weight is 388 g/mol. The van der Waals surface area contributed by atoms with Gasteiger partial charge in [0.25, 0.3) is 0 Å². The summed E-state index contributed by atoms with van der Waals surface area (Å²) in [6.45, 7) is 0.685. The number of Topliss-reactive ketones (excluding diaryl/α,β-unsaturated/α-hetero) is 1. The standard InChI is InChI=1S/C22H16N2O3S/c25-18(14-7-8-19-15(12-14)9-11-27-19)13-28-22-16-4-1-2-5-17(16)23-21(24-22)20-6-3-10-26-20/h1-8,10,12H,9,11,13H2. The lowest BCUT2D eigenvalue weighted by molar-refractivity contribution is 0.102. The summed E-state index contributed by atoms with van der Waals surface area (Å²) in [7, 11) is 0. The zero-order chi connectivity index (χ0) is 18.9. The molecule has 0 N–H and O–H groups in total. The number of furan rings is 1. The fraction of sp³-hybridized carbons (Fsp3) is 0.136. The summed E-state index contributed by atoms with van der Waals surface area (Å²) in [5.74, 6) is 2.39. The summed E-state index contributed by atoms with van der Waals surface area (Å²) in [4.78, 5) is 22.0. The van der Waals surface area contributed by atoms with Gasteiger partial charge in [0.2, 0.25) is 0 Å². The van der Waals surface area contributed by atoms with Crippen molar-refractivity contribution in [1.82, 2.24) is 9.97 Å². The summed E-state index contributed by atoms with van der Waals surface area (Å²) in [5, 5.41) is 1.70. The van der Waals surface area contributed by atoms with Crippen molar-refractivity contribution in [2.24, 2.45) is 0 Å². The molecule has 3 heterocycles. The molecule has 0 bridgehead atoms. The molecule has 5 nitrogen and oxygen atoms in total. The van der Waals surface area contributed by atoms with E-state index in [1.165, 1.54) is 11.8 Å². The molecule has 0 spiro atoms. The lowest BCUT2D eigenvalue weighted by Gasteiger charge is -2.08. The molecule has 4 aromatic rings. The van der Waals surface area contributed by atoms with Crippen LogP contribution < -0.4 is 4.74 Å². The molecule has 5 rings (SSSR count). The first kappa shape index (κ1) is 17.0. The molecule has 0 saturated carbocycles. The van der Waals surface area contributed by atoms with Gasteiger partial charge in [-0.05, 0) is 42.0 Å². The van der Waals surface area contributed by atoms with E-state index in [9.17, 15) is 4.79 Å². The van der Waals surface area contributed by atoms with Crippen molar-refractivity contribution in [1.29, 1.82) is 0 Å². The molecular formula is C22H16N2O3S. The highest BCUT2D eigenvalue weighted by Crippen LogP contribution is 2.30. The van der Waals surface area contributed by atoms with E-state index in [2.05, 4.69) is 9.97 Å². The zero-order valence-corrected chi connectivity index (χ0v) is 15.7. The second-order valence-corrected chi connectivity index (χ2v) is 7.44. The third-order valence-corrected chi connectivity index (χ3v) is 5.65. The van der Waals surface area contributed by atoms with Gasteiger partial charge in [-0.25, -0.2) is 9.97 Å². The molecule has 0 radical (unpaired) electrons. The molecule has 2 aromatic carbocycles.